The lowest BCUT2D eigenvalue weighted by molar-refractivity contribution is 0.413. The third kappa shape index (κ3) is 3.25. The molecule has 8 nitrogen and oxygen atoms in total. The van der Waals surface area contributed by atoms with Crippen molar-refractivity contribution < 1.29 is 13.2 Å². The zero-order valence-electron chi connectivity index (χ0n) is 13.5. The van der Waals surface area contributed by atoms with Crippen LogP contribution in [0.2, 0.25) is 0 Å². The van der Waals surface area contributed by atoms with Crippen molar-refractivity contribution in [3.05, 3.63) is 34.6 Å². The van der Waals surface area contributed by atoms with Crippen molar-refractivity contribution in [2.24, 2.45) is 0 Å². The Balaban J connectivity index is 1.73. The molecule has 0 aliphatic heterocycles. The lowest BCUT2D eigenvalue weighted by Gasteiger charge is -2.13. The van der Waals surface area contributed by atoms with Gasteiger partial charge in [-0.25, -0.2) is 13.1 Å². The number of aryl methyl sites for hydroxylation is 2. The van der Waals surface area contributed by atoms with Gasteiger partial charge in [0, 0.05) is 13.0 Å². The first kappa shape index (κ1) is 16.8. The monoisotopic (exact) mass is 367 g/mol. The van der Waals surface area contributed by atoms with Gasteiger partial charge in [-0.05, 0) is 37.1 Å². The third-order valence-corrected chi connectivity index (χ3v) is 6.24. The van der Waals surface area contributed by atoms with Gasteiger partial charge in [-0.15, -0.1) is 10.2 Å². The highest BCUT2D eigenvalue weighted by Crippen LogP contribution is 2.25. The summed E-state index contributed by atoms with van der Waals surface area (Å²) in [6, 6.07) is 3.43. The summed E-state index contributed by atoms with van der Waals surface area (Å²) in [5.41, 5.74) is 1.30. The van der Waals surface area contributed by atoms with E-state index in [0.29, 0.717) is 33.2 Å². The molecule has 1 N–H and O–H groups in total. The van der Waals surface area contributed by atoms with Gasteiger partial charge < -0.3 is 4.74 Å². The van der Waals surface area contributed by atoms with Crippen LogP contribution in [-0.4, -0.2) is 41.9 Å². The van der Waals surface area contributed by atoms with Crippen LogP contribution in [0.1, 0.15) is 16.1 Å². The molecule has 0 saturated heterocycles. The Kier molecular flexibility index (Phi) is 4.52. The van der Waals surface area contributed by atoms with E-state index in [2.05, 4.69) is 20.0 Å². The summed E-state index contributed by atoms with van der Waals surface area (Å²) >= 11 is 1.39. The Morgan fingerprint density at radius 1 is 1.29 bits per heavy atom. The largest absolute Gasteiger partial charge is 0.497 e. The van der Waals surface area contributed by atoms with E-state index in [1.807, 2.05) is 0 Å². The van der Waals surface area contributed by atoms with Crippen LogP contribution in [0.3, 0.4) is 0 Å². The number of nitrogens with one attached hydrogen (secondary N) is 1. The number of rotatable bonds is 6. The summed E-state index contributed by atoms with van der Waals surface area (Å²) in [4.78, 5) is 0.983. The molecule has 2 heterocycles. The minimum atomic E-state index is -3.60. The summed E-state index contributed by atoms with van der Waals surface area (Å²) in [6.07, 6.45) is 2.01. The van der Waals surface area contributed by atoms with Crippen LogP contribution in [-0.2, 0) is 16.4 Å². The van der Waals surface area contributed by atoms with Crippen molar-refractivity contribution in [1.29, 1.82) is 0 Å². The fourth-order valence-corrected chi connectivity index (χ4v) is 4.81. The van der Waals surface area contributed by atoms with E-state index in [9.17, 15) is 8.42 Å². The van der Waals surface area contributed by atoms with Crippen molar-refractivity contribution >= 4 is 26.3 Å². The van der Waals surface area contributed by atoms with Crippen LogP contribution in [0.25, 0.3) is 4.96 Å². The number of ether oxygens (including phenoxy) is 1. The van der Waals surface area contributed by atoms with Crippen LogP contribution < -0.4 is 9.46 Å². The summed E-state index contributed by atoms with van der Waals surface area (Å²) < 4.78 is 34.6. The minimum absolute atomic E-state index is 0.261. The summed E-state index contributed by atoms with van der Waals surface area (Å²) in [6.45, 7) is 3.78. The van der Waals surface area contributed by atoms with Gasteiger partial charge in [0.25, 0.3) is 0 Å². The van der Waals surface area contributed by atoms with Gasteiger partial charge in [-0.3, -0.25) is 0 Å². The molecule has 0 atom stereocenters. The number of benzene rings is 1. The van der Waals surface area contributed by atoms with Crippen molar-refractivity contribution in [2.45, 2.75) is 25.2 Å². The first-order valence-corrected chi connectivity index (χ1v) is 9.51. The Bertz CT molecular complexity index is 926. The molecule has 0 saturated carbocycles. The molecule has 128 valence electrons. The highest BCUT2D eigenvalue weighted by molar-refractivity contribution is 7.89. The van der Waals surface area contributed by atoms with Gasteiger partial charge in [0.1, 0.15) is 17.1 Å². The fourth-order valence-electron chi connectivity index (χ4n) is 2.52. The van der Waals surface area contributed by atoms with Crippen molar-refractivity contribution in [1.82, 2.24) is 24.5 Å². The van der Waals surface area contributed by atoms with E-state index in [4.69, 9.17) is 4.74 Å². The normalized spacial score (nSPS) is 12.0. The molecule has 10 heteroatoms. The molecule has 1 aromatic carbocycles. The number of aromatic nitrogens is 4. The average Bonchev–Trinajstić information content (AvgIpc) is 3.07. The predicted molar refractivity (Wildman–Crippen MR) is 90.0 cm³/mol. The molecule has 2 aromatic heterocycles. The molecule has 3 aromatic rings. The SMILES string of the molecule is COc1cc(C)c(S(=O)(=O)NCCc2nn3cnnc3s2)c(C)c1. The molecule has 0 amide bonds. The van der Waals surface area contributed by atoms with E-state index >= 15 is 0 Å². The molecule has 24 heavy (non-hydrogen) atoms. The lowest BCUT2D eigenvalue weighted by Crippen LogP contribution is -2.27. The molecule has 0 aliphatic carbocycles. The van der Waals surface area contributed by atoms with Crippen LogP contribution >= 0.6 is 11.3 Å². The Labute approximate surface area is 143 Å². The average molecular weight is 367 g/mol. The zero-order valence-corrected chi connectivity index (χ0v) is 15.1. The van der Waals surface area contributed by atoms with Crippen LogP contribution in [0.5, 0.6) is 5.75 Å². The summed E-state index contributed by atoms with van der Waals surface area (Å²) in [7, 11) is -2.04. The van der Waals surface area contributed by atoms with Crippen molar-refractivity contribution in [3.63, 3.8) is 0 Å². The fraction of sp³-hybridized carbons (Fsp3) is 0.357. The Morgan fingerprint density at radius 2 is 2.00 bits per heavy atom. The Hall–Kier alpha value is -2.04. The van der Waals surface area contributed by atoms with Gasteiger partial charge in [-0.2, -0.15) is 9.61 Å². The van der Waals surface area contributed by atoms with E-state index in [1.54, 1.807) is 37.6 Å². The Morgan fingerprint density at radius 3 is 2.62 bits per heavy atom. The van der Waals surface area contributed by atoms with Crippen LogP contribution in [0, 0.1) is 13.8 Å². The topological polar surface area (TPSA) is 98.5 Å². The first-order chi connectivity index (χ1) is 11.4. The quantitative estimate of drug-likeness (QED) is 0.706. The number of fused-ring (bicyclic) bond motifs is 1. The second-order valence-electron chi connectivity index (χ2n) is 5.29. The van der Waals surface area contributed by atoms with Crippen LogP contribution in [0.15, 0.2) is 23.4 Å². The lowest BCUT2D eigenvalue weighted by atomic mass is 10.1. The zero-order chi connectivity index (χ0) is 17.3. The van der Waals surface area contributed by atoms with E-state index in [0.717, 1.165) is 5.01 Å². The van der Waals surface area contributed by atoms with E-state index in [-0.39, 0.29) is 6.54 Å². The molecule has 0 aliphatic rings. The molecule has 0 unspecified atom stereocenters. The molecular weight excluding hydrogens is 350 g/mol. The van der Waals surface area contributed by atoms with E-state index in [1.165, 1.54) is 17.7 Å². The summed E-state index contributed by atoms with van der Waals surface area (Å²) in [5, 5.41) is 12.7. The second-order valence-corrected chi connectivity index (χ2v) is 8.04. The van der Waals surface area contributed by atoms with Gasteiger partial charge in [0.05, 0.1) is 12.0 Å². The maximum absolute atomic E-state index is 12.6. The third-order valence-electron chi connectivity index (χ3n) is 3.50. The van der Waals surface area contributed by atoms with Crippen molar-refractivity contribution in [2.75, 3.05) is 13.7 Å². The summed E-state index contributed by atoms with van der Waals surface area (Å²) in [5.74, 6) is 0.642. The first-order valence-electron chi connectivity index (χ1n) is 7.21. The van der Waals surface area contributed by atoms with Gasteiger partial charge in [0.15, 0.2) is 0 Å². The van der Waals surface area contributed by atoms with Gasteiger partial charge in [0.2, 0.25) is 15.0 Å². The van der Waals surface area contributed by atoms with Crippen LogP contribution in [0.4, 0.5) is 0 Å². The number of methoxy groups -OCH3 is 1. The maximum atomic E-state index is 12.6. The van der Waals surface area contributed by atoms with Crippen molar-refractivity contribution in [3.8, 4) is 5.75 Å². The molecule has 3 rings (SSSR count). The minimum Gasteiger partial charge on any atom is -0.497 e. The smallest absolute Gasteiger partial charge is 0.241 e. The molecule has 0 bridgehead atoms. The van der Waals surface area contributed by atoms with Gasteiger partial charge >= 0.3 is 0 Å². The number of nitrogens with zero attached hydrogens (tertiary/aromatic N) is 4. The highest BCUT2D eigenvalue weighted by Gasteiger charge is 2.20. The molecule has 0 radical (unpaired) electrons. The molecule has 0 spiro atoms. The molecule has 0 fully saturated rings. The second kappa shape index (κ2) is 6.46. The standard InChI is InChI=1S/C14H17N5O3S2/c1-9-6-11(22-3)7-10(2)13(9)24(20,21)16-5-4-12-18-19-8-15-17-14(19)23-12/h6-8,16H,4-5H2,1-3H3. The number of hydrogen-bond acceptors (Lipinski definition) is 7. The highest BCUT2D eigenvalue weighted by atomic mass is 32.2. The maximum Gasteiger partial charge on any atom is 0.241 e. The number of sulfonamides is 1. The predicted octanol–water partition coefficient (Wildman–Crippen LogP) is 1.33. The number of hydrogen-bond donors (Lipinski definition) is 1. The molecular formula is C14H17N5O3S2. The van der Waals surface area contributed by atoms with Gasteiger partial charge in [-0.1, -0.05) is 11.3 Å². The van der Waals surface area contributed by atoms with E-state index < -0.39 is 10.0 Å².